The molecule has 0 aromatic carbocycles. The van der Waals surface area contributed by atoms with Crippen LogP contribution in [0.2, 0.25) is 0 Å². The summed E-state index contributed by atoms with van der Waals surface area (Å²) in [5, 5.41) is 9.63. The Kier molecular flexibility index (Phi) is 3.58. The van der Waals surface area contributed by atoms with Crippen LogP contribution in [-0.4, -0.2) is 79.2 Å². The Bertz CT molecular complexity index is 297. The predicted molar refractivity (Wildman–Crippen MR) is 66.3 cm³/mol. The van der Waals surface area contributed by atoms with Gasteiger partial charge >= 0.3 is 0 Å². The largest absolute Gasteiger partial charge is 0.394 e. The molecular weight excluding hydrogens is 235 g/mol. The minimum absolute atomic E-state index is 0.104. The first kappa shape index (κ1) is 12.8. The molecule has 3 fully saturated rings. The first-order chi connectivity index (χ1) is 8.72. The van der Waals surface area contributed by atoms with Crippen LogP contribution >= 0.6 is 0 Å². The lowest BCUT2D eigenvalue weighted by Crippen LogP contribution is -2.41. The van der Waals surface area contributed by atoms with Gasteiger partial charge in [-0.3, -0.25) is 9.80 Å². The highest BCUT2D eigenvalue weighted by Crippen LogP contribution is 2.42. The van der Waals surface area contributed by atoms with E-state index in [0.29, 0.717) is 18.9 Å². The van der Waals surface area contributed by atoms with Crippen LogP contribution in [0.3, 0.4) is 0 Å². The van der Waals surface area contributed by atoms with Crippen LogP contribution in [0, 0.1) is 5.92 Å². The van der Waals surface area contributed by atoms with E-state index in [1.165, 1.54) is 0 Å². The Morgan fingerprint density at radius 2 is 2.00 bits per heavy atom. The van der Waals surface area contributed by atoms with Crippen LogP contribution in [0.1, 0.15) is 12.8 Å². The fourth-order valence-electron chi connectivity index (χ4n) is 3.93. The number of aliphatic hydroxyl groups excluding tert-OH is 1. The van der Waals surface area contributed by atoms with E-state index in [0.717, 1.165) is 45.8 Å². The molecule has 3 atom stereocenters. The Labute approximate surface area is 108 Å². The number of hydrogen-bond acceptors (Lipinski definition) is 4. The maximum absolute atomic E-state index is 13.5. The maximum atomic E-state index is 13.5. The van der Waals surface area contributed by atoms with Crippen LogP contribution in [0.15, 0.2) is 0 Å². The van der Waals surface area contributed by atoms with Gasteiger partial charge in [0.15, 0.2) is 0 Å². The minimum Gasteiger partial charge on any atom is -0.394 e. The molecule has 0 spiro atoms. The number of nitrogens with zero attached hydrogens (tertiary/aromatic N) is 2. The van der Waals surface area contributed by atoms with Gasteiger partial charge in [0.2, 0.25) is 0 Å². The summed E-state index contributed by atoms with van der Waals surface area (Å²) < 4.78 is 18.8. The third-order valence-electron chi connectivity index (χ3n) is 4.75. The summed E-state index contributed by atoms with van der Waals surface area (Å²) in [4.78, 5) is 4.62. The molecule has 3 aliphatic heterocycles. The van der Waals surface area contributed by atoms with E-state index in [2.05, 4.69) is 9.80 Å². The van der Waals surface area contributed by atoms with Crippen molar-refractivity contribution in [2.45, 2.75) is 24.6 Å². The van der Waals surface area contributed by atoms with Gasteiger partial charge in [-0.05, 0) is 12.3 Å². The quantitative estimate of drug-likeness (QED) is 0.780. The van der Waals surface area contributed by atoms with E-state index in [-0.39, 0.29) is 12.1 Å². The summed E-state index contributed by atoms with van der Waals surface area (Å²) in [5.41, 5.74) is -0.254. The molecule has 0 bridgehead atoms. The molecule has 0 aliphatic carbocycles. The van der Waals surface area contributed by atoms with E-state index in [9.17, 15) is 9.50 Å². The summed E-state index contributed by atoms with van der Waals surface area (Å²) in [5.74, 6) is 0.572. The van der Waals surface area contributed by atoms with Gasteiger partial charge in [0.25, 0.3) is 0 Å². The Morgan fingerprint density at radius 1 is 1.22 bits per heavy atom. The zero-order chi connectivity index (χ0) is 12.6. The second kappa shape index (κ2) is 5.04. The average molecular weight is 258 g/mol. The highest BCUT2D eigenvalue weighted by atomic mass is 19.1. The molecule has 0 aromatic rings. The van der Waals surface area contributed by atoms with Crippen LogP contribution < -0.4 is 0 Å². The van der Waals surface area contributed by atoms with Gasteiger partial charge in [0, 0.05) is 44.7 Å². The zero-order valence-electron chi connectivity index (χ0n) is 10.9. The van der Waals surface area contributed by atoms with Gasteiger partial charge in [0.1, 0.15) is 6.17 Å². The molecule has 3 rings (SSSR count). The van der Waals surface area contributed by atoms with Gasteiger partial charge in [-0.2, -0.15) is 0 Å². The number of ether oxygens (including phenoxy) is 1. The molecule has 1 N–H and O–H groups in total. The van der Waals surface area contributed by atoms with Gasteiger partial charge in [-0.15, -0.1) is 0 Å². The predicted octanol–water partition coefficient (Wildman–Crippen LogP) is 0.113. The molecule has 0 unspecified atom stereocenters. The van der Waals surface area contributed by atoms with Crippen LogP contribution in [-0.2, 0) is 4.74 Å². The van der Waals surface area contributed by atoms with Crippen molar-refractivity contribution in [1.29, 1.82) is 0 Å². The lowest BCUT2D eigenvalue weighted by Gasteiger charge is -2.30. The normalized spacial score (nSPS) is 42.3. The van der Waals surface area contributed by atoms with Crippen molar-refractivity contribution < 1.29 is 14.2 Å². The molecule has 4 nitrogen and oxygen atoms in total. The molecule has 0 radical (unpaired) electrons. The van der Waals surface area contributed by atoms with Gasteiger partial charge < -0.3 is 9.84 Å². The lowest BCUT2D eigenvalue weighted by molar-refractivity contribution is 0.0307. The fraction of sp³-hybridized carbons (Fsp3) is 1.00. The SMILES string of the molecule is OC[C@]12C[C@@H](F)CN1C[C@@H](CN1CCOCC1)C2. The summed E-state index contributed by atoms with van der Waals surface area (Å²) in [6.45, 7) is 6.30. The van der Waals surface area contributed by atoms with E-state index >= 15 is 0 Å². The van der Waals surface area contributed by atoms with Gasteiger partial charge in [-0.25, -0.2) is 4.39 Å². The second-order valence-electron chi connectivity index (χ2n) is 6.07. The molecule has 0 saturated carbocycles. The molecule has 18 heavy (non-hydrogen) atoms. The number of aliphatic hydroxyl groups is 1. The molecule has 0 amide bonds. The smallest absolute Gasteiger partial charge is 0.115 e. The molecular formula is C13H23FN2O2. The molecule has 5 heteroatoms. The number of rotatable bonds is 3. The monoisotopic (exact) mass is 258 g/mol. The average Bonchev–Trinajstić information content (AvgIpc) is 2.83. The lowest BCUT2D eigenvalue weighted by atomic mass is 9.90. The molecule has 3 saturated heterocycles. The Morgan fingerprint density at radius 3 is 2.67 bits per heavy atom. The highest BCUT2D eigenvalue weighted by molar-refractivity contribution is 5.06. The maximum Gasteiger partial charge on any atom is 0.115 e. The van der Waals surface area contributed by atoms with Crippen molar-refractivity contribution >= 4 is 0 Å². The summed E-state index contributed by atoms with van der Waals surface area (Å²) in [6.07, 6.45) is 0.714. The summed E-state index contributed by atoms with van der Waals surface area (Å²) >= 11 is 0. The van der Waals surface area contributed by atoms with Crippen molar-refractivity contribution in [3.05, 3.63) is 0 Å². The third-order valence-corrected chi connectivity index (χ3v) is 4.75. The van der Waals surface area contributed by atoms with Crippen LogP contribution in [0.4, 0.5) is 4.39 Å². The van der Waals surface area contributed by atoms with E-state index < -0.39 is 6.17 Å². The standard InChI is InChI=1S/C13H23FN2O2/c14-12-6-13(10-17)5-11(8-16(13)9-12)7-15-1-3-18-4-2-15/h11-12,17H,1-10H2/t11-,12-,13+/m1/s1. The molecule has 3 aliphatic rings. The van der Waals surface area contributed by atoms with Crippen molar-refractivity contribution in [3.63, 3.8) is 0 Å². The highest BCUT2D eigenvalue weighted by Gasteiger charge is 2.51. The molecule has 0 aromatic heterocycles. The van der Waals surface area contributed by atoms with Gasteiger partial charge in [-0.1, -0.05) is 0 Å². The molecule has 104 valence electrons. The number of alkyl halides is 1. The van der Waals surface area contributed by atoms with Crippen molar-refractivity contribution in [2.75, 3.05) is 52.5 Å². The van der Waals surface area contributed by atoms with Crippen molar-refractivity contribution in [1.82, 2.24) is 9.80 Å². The Balaban J connectivity index is 1.58. The van der Waals surface area contributed by atoms with Crippen molar-refractivity contribution in [2.24, 2.45) is 5.92 Å². The first-order valence-electron chi connectivity index (χ1n) is 7.02. The number of morpholine rings is 1. The van der Waals surface area contributed by atoms with Crippen molar-refractivity contribution in [3.8, 4) is 0 Å². The Hall–Kier alpha value is -0.230. The second-order valence-corrected chi connectivity index (χ2v) is 6.07. The van der Waals surface area contributed by atoms with Crippen LogP contribution in [0.25, 0.3) is 0 Å². The first-order valence-corrected chi connectivity index (χ1v) is 7.02. The van der Waals surface area contributed by atoms with E-state index in [1.54, 1.807) is 0 Å². The van der Waals surface area contributed by atoms with E-state index in [1.807, 2.05) is 0 Å². The summed E-state index contributed by atoms with van der Waals surface area (Å²) in [6, 6.07) is 0. The number of fused-ring (bicyclic) bond motifs is 1. The summed E-state index contributed by atoms with van der Waals surface area (Å²) in [7, 11) is 0. The fourth-order valence-corrected chi connectivity index (χ4v) is 3.93. The molecule has 3 heterocycles. The van der Waals surface area contributed by atoms with Gasteiger partial charge in [0.05, 0.1) is 19.8 Å². The number of halogens is 1. The van der Waals surface area contributed by atoms with Crippen LogP contribution in [0.5, 0.6) is 0 Å². The minimum atomic E-state index is -0.749. The van der Waals surface area contributed by atoms with E-state index in [4.69, 9.17) is 4.74 Å². The zero-order valence-corrected chi connectivity index (χ0v) is 10.9. The third kappa shape index (κ3) is 2.29. The number of hydrogen-bond donors (Lipinski definition) is 1. The topological polar surface area (TPSA) is 35.9 Å².